The average molecular weight is 379 g/mol. The zero-order valence-electron chi connectivity index (χ0n) is 14.0. The van der Waals surface area contributed by atoms with Crippen LogP contribution in [-0.4, -0.2) is 24.2 Å². The number of halogens is 1. The second-order valence-corrected chi connectivity index (χ2v) is 6.85. The summed E-state index contributed by atoms with van der Waals surface area (Å²) in [6.07, 6.45) is 0. The smallest absolute Gasteiger partial charge is 0.276 e. The Hall–Kier alpha value is -2.18. The van der Waals surface area contributed by atoms with E-state index in [9.17, 15) is 9.59 Å². The number of hydrogen-bond donors (Lipinski definition) is 2. The van der Waals surface area contributed by atoms with Gasteiger partial charge in [0.2, 0.25) is 5.91 Å². The summed E-state index contributed by atoms with van der Waals surface area (Å²) >= 11 is 7.32. The standard InChI is InChI=1S/C18H19ClN2O3S/c1-12-3-6-15(7-4-12)25-11-18(23)21-20-17(22)10-24-14-5-8-16(19)13(2)9-14/h3-9H,10-11H2,1-2H3,(H,20,22)(H,21,23). The Bertz CT molecular complexity index is 750. The fourth-order valence-electron chi connectivity index (χ4n) is 1.85. The number of rotatable bonds is 6. The lowest BCUT2D eigenvalue weighted by Gasteiger charge is -2.09. The first-order valence-electron chi connectivity index (χ1n) is 7.60. The summed E-state index contributed by atoms with van der Waals surface area (Å²) in [5.74, 6) is 0.0153. The van der Waals surface area contributed by atoms with Crippen LogP contribution in [0.2, 0.25) is 5.02 Å². The van der Waals surface area contributed by atoms with Crippen molar-refractivity contribution in [3.8, 4) is 5.75 Å². The quantitative estimate of drug-likeness (QED) is 0.598. The lowest BCUT2D eigenvalue weighted by molar-refractivity contribution is -0.128. The Morgan fingerprint density at radius 3 is 2.40 bits per heavy atom. The molecule has 0 saturated heterocycles. The van der Waals surface area contributed by atoms with Gasteiger partial charge in [-0.25, -0.2) is 0 Å². The van der Waals surface area contributed by atoms with Crippen molar-refractivity contribution in [2.45, 2.75) is 18.7 Å². The number of aryl methyl sites for hydroxylation is 2. The number of nitrogens with one attached hydrogen (secondary N) is 2. The van der Waals surface area contributed by atoms with E-state index in [1.165, 1.54) is 11.8 Å². The van der Waals surface area contributed by atoms with Crippen LogP contribution in [0.1, 0.15) is 11.1 Å². The van der Waals surface area contributed by atoms with Crippen LogP contribution < -0.4 is 15.6 Å². The van der Waals surface area contributed by atoms with Gasteiger partial charge in [-0.1, -0.05) is 29.3 Å². The SMILES string of the molecule is Cc1ccc(SCC(=O)NNC(=O)COc2ccc(Cl)c(C)c2)cc1. The summed E-state index contributed by atoms with van der Waals surface area (Å²) in [7, 11) is 0. The highest BCUT2D eigenvalue weighted by Crippen LogP contribution is 2.21. The molecule has 0 saturated carbocycles. The van der Waals surface area contributed by atoms with Crippen molar-refractivity contribution in [1.82, 2.24) is 10.9 Å². The Balaban J connectivity index is 1.67. The molecule has 2 rings (SSSR count). The molecule has 5 nitrogen and oxygen atoms in total. The molecule has 2 aromatic carbocycles. The van der Waals surface area contributed by atoms with E-state index in [1.807, 2.05) is 38.1 Å². The topological polar surface area (TPSA) is 67.4 Å². The Kier molecular flexibility index (Phi) is 7.16. The van der Waals surface area contributed by atoms with Crippen molar-refractivity contribution >= 4 is 35.2 Å². The highest BCUT2D eigenvalue weighted by Gasteiger charge is 2.07. The molecule has 0 heterocycles. The first kappa shape index (κ1) is 19.1. The molecule has 0 aromatic heterocycles. The summed E-state index contributed by atoms with van der Waals surface area (Å²) < 4.78 is 5.35. The minimum absolute atomic E-state index is 0.202. The summed E-state index contributed by atoms with van der Waals surface area (Å²) in [4.78, 5) is 24.4. The summed E-state index contributed by atoms with van der Waals surface area (Å²) in [5.41, 5.74) is 6.71. The third-order valence-corrected chi connectivity index (χ3v) is 4.67. The van der Waals surface area contributed by atoms with E-state index in [-0.39, 0.29) is 18.3 Å². The molecule has 0 fully saturated rings. The highest BCUT2D eigenvalue weighted by molar-refractivity contribution is 8.00. The molecule has 2 amide bonds. The van der Waals surface area contributed by atoms with Crippen molar-refractivity contribution in [2.75, 3.05) is 12.4 Å². The van der Waals surface area contributed by atoms with Crippen molar-refractivity contribution in [3.63, 3.8) is 0 Å². The van der Waals surface area contributed by atoms with E-state index in [0.29, 0.717) is 10.8 Å². The van der Waals surface area contributed by atoms with Crippen LogP contribution in [-0.2, 0) is 9.59 Å². The van der Waals surface area contributed by atoms with Gasteiger partial charge >= 0.3 is 0 Å². The fraction of sp³-hybridized carbons (Fsp3) is 0.222. The van der Waals surface area contributed by atoms with Gasteiger partial charge in [0, 0.05) is 9.92 Å². The van der Waals surface area contributed by atoms with Gasteiger partial charge in [-0.3, -0.25) is 20.4 Å². The second-order valence-electron chi connectivity index (χ2n) is 5.40. The molecule has 7 heteroatoms. The zero-order valence-corrected chi connectivity index (χ0v) is 15.5. The largest absolute Gasteiger partial charge is 0.484 e. The molecular formula is C18H19ClN2O3S. The molecule has 25 heavy (non-hydrogen) atoms. The monoisotopic (exact) mass is 378 g/mol. The van der Waals surface area contributed by atoms with Crippen molar-refractivity contribution in [1.29, 1.82) is 0 Å². The number of amides is 2. The van der Waals surface area contributed by atoms with E-state index in [0.717, 1.165) is 16.0 Å². The van der Waals surface area contributed by atoms with Crippen LogP contribution >= 0.6 is 23.4 Å². The van der Waals surface area contributed by atoms with Gasteiger partial charge in [0.05, 0.1) is 5.75 Å². The van der Waals surface area contributed by atoms with Crippen LogP contribution in [0.4, 0.5) is 0 Å². The molecule has 0 aliphatic heterocycles. The predicted molar refractivity (Wildman–Crippen MR) is 99.9 cm³/mol. The van der Waals surface area contributed by atoms with Gasteiger partial charge in [0.1, 0.15) is 5.75 Å². The number of benzene rings is 2. The number of thioether (sulfide) groups is 1. The van der Waals surface area contributed by atoms with Gasteiger partial charge in [0.25, 0.3) is 5.91 Å². The maximum Gasteiger partial charge on any atom is 0.276 e. The lowest BCUT2D eigenvalue weighted by Crippen LogP contribution is -2.44. The van der Waals surface area contributed by atoms with E-state index in [1.54, 1.807) is 18.2 Å². The molecular weight excluding hydrogens is 360 g/mol. The van der Waals surface area contributed by atoms with Crippen LogP contribution in [0, 0.1) is 13.8 Å². The molecule has 0 aliphatic carbocycles. The Morgan fingerprint density at radius 1 is 1.04 bits per heavy atom. The normalized spacial score (nSPS) is 10.2. The van der Waals surface area contributed by atoms with E-state index in [4.69, 9.17) is 16.3 Å². The molecule has 132 valence electrons. The average Bonchev–Trinajstić information content (AvgIpc) is 2.60. The van der Waals surface area contributed by atoms with E-state index >= 15 is 0 Å². The Morgan fingerprint density at radius 2 is 1.72 bits per heavy atom. The van der Waals surface area contributed by atoms with E-state index in [2.05, 4.69) is 10.9 Å². The first-order chi connectivity index (χ1) is 11.9. The number of hydrazine groups is 1. The minimum Gasteiger partial charge on any atom is -0.484 e. The third kappa shape index (κ3) is 6.68. The maximum absolute atomic E-state index is 11.7. The third-order valence-electron chi connectivity index (χ3n) is 3.23. The molecule has 0 aliphatic rings. The van der Waals surface area contributed by atoms with Gasteiger partial charge in [-0.05, 0) is 49.7 Å². The van der Waals surface area contributed by atoms with Crippen LogP contribution in [0.5, 0.6) is 5.75 Å². The van der Waals surface area contributed by atoms with E-state index < -0.39 is 5.91 Å². The lowest BCUT2D eigenvalue weighted by atomic mass is 10.2. The molecule has 0 bridgehead atoms. The molecule has 0 unspecified atom stereocenters. The van der Waals surface area contributed by atoms with Gasteiger partial charge in [-0.15, -0.1) is 11.8 Å². The fourth-order valence-corrected chi connectivity index (χ4v) is 2.67. The van der Waals surface area contributed by atoms with Crippen molar-refractivity contribution < 1.29 is 14.3 Å². The second kappa shape index (κ2) is 9.34. The summed E-state index contributed by atoms with van der Waals surface area (Å²) in [6, 6.07) is 13.0. The molecule has 0 radical (unpaired) electrons. The molecule has 0 spiro atoms. The molecule has 2 N–H and O–H groups in total. The van der Waals surface area contributed by atoms with Gasteiger partial charge in [-0.2, -0.15) is 0 Å². The maximum atomic E-state index is 11.7. The summed E-state index contributed by atoms with van der Waals surface area (Å²) in [6.45, 7) is 3.65. The predicted octanol–water partition coefficient (Wildman–Crippen LogP) is 3.28. The molecule has 2 aromatic rings. The number of carbonyl (C=O) groups excluding carboxylic acids is 2. The number of hydrogen-bond acceptors (Lipinski definition) is 4. The van der Waals surface area contributed by atoms with Crippen molar-refractivity contribution in [2.24, 2.45) is 0 Å². The number of ether oxygens (including phenoxy) is 1. The van der Waals surface area contributed by atoms with Crippen LogP contribution in [0.15, 0.2) is 47.4 Å². The Labute approximate surface area is 156 Å². The van der Waals surface area contributed by atoms with Gasteiger partial charge < -0.3 is 4.74 Å². The minimum atomic E-state index is -0.443. The first-order valence-corrected chi connectivity index (χ1v) is 8.96. The zero-order chi connectivity index (χ0) is 18.2. The number of carbonyl (C=O) groups is 2. The van der Waals surface area contributed by atoms with Crippen LogP contribution in [0.25, 0.3) is 0 Å². The highest BCUT2D eigenvalue weighted by atomic mass is 35.5. The molecule has 0 atom stereocenters. The van der Waals surface area contributed by atoms with Crippen LogP contribution in [0.3, 0.4) is 0 Å². The van der Waals surface area contributed by atoms with Crippen molar-refractivity contribution in [3.05, 3.63) is 58.6 Å². The van der Waals surface area contributed by atoms with Gasteiger partial charge in [0.15, 0.2) is 6.61 Å². The summed E-state index contributed by atoms with van der Waals surface area (Å²) in [5, 5.41) is 0.634.